The van der Waals surface area contributed by atoms with Crippen LogP contribution in [0, 0.1) is 15.5 Å². The van der Waals surface area contributed by atoms with Crippen molar-refractivity contribution in [3.8, 4) is 11.3 Å². The van der Waals surface area contributed by atoms with Gasteiger partial charge in [-0.1, -0.05) is 6.92 Å². The molecular weight excluding hydrogens is 330 g/mol. The molecule has 1 fully saturated rings. The molecule has 0 saturated carbocycles. The monoisotopic (exact) mass is 351 g/mol. The molecule has 130 valence electrons. The first-order chi connectivity index (χ1) is 11.0. The number of nitrogens with two attached hydrogens (primary N) is 1. The number of benzene rings is 1. The van der Waals surface area contributed by atoms with Crippen molar-refractivity contribution >= 4 is 18.1 Å². The molecule has 0 radical (unpaired) electrons. The molecule has 1 atom stereocenters. The van der Waals surface area contributed by atoms with Crippen LogP contribution in [0.15, 0.2) is 40.8 Å². The van der Waals surface area contributed by atoms with Crippen molar-refractivity contribution in [2.45, 2.75) is 19.9 Å². The average molecular weight is 352 g/mol. The fourth-order valence-corrected chi connectivity index (χ4v) is 3.01. The van der Waals surface area contributed by atoms with E-state index in [0.717, 1.165) is 43.1 Å². The lowest BCUT2D eigenvalue weighted by molar-refractivity contribution is -0.384. The van der Waals surface area contributed by atoms with Gasteiger partial charge in [-0.2, -0.15) is 0 Å². The van der Waals surface area contributed by atoms with E-state index >= 15 is 0 Å². The molecule has 0 aliphatic carbocycles. The van der Waals surface area contributed by atoms with E-state index in [2.05, 4.69) is 11.8 Å². The van der Waals surface area contributed by atoms with E-state index in [9.17, 15) is 10.1 Å². The van der Waals surface area contributed by atoms with Gasteiger partial charge < -0.3 is 10.2 Å². The second kappa shape index (κ2) is 7.34. The Morgan fingerprint density at radius 1 is 1.29 bits per heavy atom. The van der Waals surface area contributed by atoms with Crippen LogP contribution in [0.1, 0.15) is 19.1 Å². The van der Waals surface area contributed by atoms with Gasteiger partial charge in [-0.15, -0.1) is 12.4 Å². The minimum Gasteiger partial charge on any atom is -0.460 e. The van der Waals surface area contributed by atoms with E-state index in [1.165, 1.54) is 12.1 Å². The molecular formula is C17H22ClN3O3. The number of nitro groups is 1. The van der Waals surface area contributed by atoms with E-state index in [1.807, 2.05) is 12.1 Å². The molecule has 7 heteroatoms. The van der Waals surface area contributed by atoms with Gasteiger partial charge in [0, 0.05) is 24.2 Å². The van der Waals surface area contributed by atoms with E-state index in [-0.39, 0.29) is 23.5 Å². The molecule has 0 spiro atoms. The molecule has 1 aromatic heterocycles. The van der Waals surface area contributed by atoms with Crippen LogP contribution in [0.3, 0.4) is 0 Å². The first-order valence-corrected chi connectivity index (χ1v) is 7.75. The summed E-state index contributed by atoms with van der Waals surface area (Å²) in [6.45, 7) is 5.70. The van der Waals surface area contributed by atoms with Crippen molar-refractivity contribution < 1.29 is 9.34 Å². The Morgan fingerprint density at radius 3 is 2.58 bits per heavy atom. The lowest BCUT2D eigenvalue weighted by Crippen LogP contribution is -2.31. The molecule has 0 amide bonds. The van der Waals surface area contributed by atoms with Gasteiger partial charge in [0.05, 0.1) is 11.5 Å². The first-order valence-electron chi connectivity index (χ1n) is 7.75. The number of hydrogen-bond acceptors (Lipinski definition) is 5. The largest absolute Gasteiger partial charge is 0.460 e. The molecule has 24 heavy (non-hydrogen) atoms. The number of rotatable bonds is 5. The number of halogens is 1. The van der Waals surface area contributed by atoms with Crippen molar-refractivity contribution in [2.24, 2.45) is 11.1 Å². The average Bonchev–Trinajstić information content (AvgIpc) is 3.15. The molecule has 1 aromatic carbocycles. The Balaban J connectivity index is 0.00000208. The summed E-state index contributed by atoms with van der Waals surface area (Å²) in [4.78, 5) is 12.6. The summed E-state index contributed by atoms with van der Waals surface area (Å²) >= 11 is 0. The van der Waals surface area contributed by atoms with Crippen molar-refractivity contribution in [2.75, 3.05) is 19.6 Å². The molecule has 1 saturated heterocycles. The van der Waals surface area contributed by atoms with Crippen LogP contribution < -0.4 is 5.73 Å². The zero-order chi connectivity index (χ0) is 16.4. The van der Waals surface area contributed by atoms with E-state index in [1.54, 1.807) is 12.1 Å². The van der Waals surface area contributed by atoms with E-state index < -0.39 is 4.92 Å². The number of furan rings is 1. The summed E-state index contributed by atoms with van der Waals surface area (Å²) in [5, 5.41) is 10.7. The Bertz CT molecular complexity index is 701. The zero-order valence-electron chi connectivity index (χ0n) is 13.6. The second-order valence-electron chi connectivity index (χ2n) is 6.55. The quantitative estimate of drug-likeness (QED) is 0.658. The van der Waals surface area contributed by atoms with Crippen molar-refractivity contribution in [1.29, 1.82) is 0 Å². The standard InChI is InChI=1S/C17H21N3O3.ClH/c1-17(11-18)8-9-19(12-17)10-15-6-7-16(23-15)13-2-4-14(5-3-13)20(21)22;/h2-7H,8-12,18H2,1H3;1H. The predicted octanol–water partition coefficient (Wildman–Crippen LogP) is 3.45. The molecule has 0 bridgehead atoms. The van der Waals surface area contributed by atoms with Gasteiger partial charge in [0.2, 0.25) is 0 Å². The fourth-order valence-electron chi connectivity index (χ4n) is 3.01. The summed E-state index contributed by atoms with van der Waals surface area (Å²) in [6.07, 6.45) is 1.11. The Labute approximate surface area is 147 Å². The SMILES string of the molecule is CC1(CN)CCN(Cc2ccc(-c3ccc([N+](=O)[O-])cc3)o2)C1.Cl. The maximum atomic E-state index is 10.7. The van der Waals surface area contributed by atoms with Gasteiger partial charge in [0.1, 0.15) is 11.5 Å². The molecule has 1 aliphatic rings. The number of non-ortho nitro benzene ring substituents is 1. The van der Waals surface area contributed by atoms with Crippen LogP contribution in [-0.4, -0.2) is 29.5 Å². The van der Waals surface area contributed by atoms with E-state index in [4.69, 9.17) is 10.2 Å². The molecule has 1 unspecified atom stereocenters. The molecule has 2 N–H and O–H groups in total. The van der Waals surface area contributed by atoms with Crippen molar-refractivity contribution in [3.05, 3.63) is 52.3 Å². The van der Waals surface area contributed by atoms with Crippen LogP contribution in [-0.2, 0) is 6.54 Å². The predicted molar refractivity (Wildman–Crippen MR) is 95.1 cm³/mol. The van der Waals surface area contributed by atoms with Gasteiger partial charge >= 0.3 is 0 Å². The number of hydrogen-bond donors (Lipinski definition) is 1. The van der Waals surface area contributed by atoms with Gasteiger partial charge in [-0.05, 0) is 49.2 Å². The fraction of sp³-hybridized carbons (Fsp3) is 0.412. The molecule has 2 heterocycles. The highest BCUT2D eigenvalue weighted by Gasteiger charge is 2.32. The Kier molecular flexibility index (Phi) is 5.64. The van der Waals surface area contributed by atoms with Crippen molar-refractivity contribution in [1.82, 2.24) is 4.90 Å². The topological polar surface area (TPSA) is 85.5 Å². The molecule has 2 aromatic rings. The van der Waals surface area contributed by atoms with Crippen LogP contribution in [0.5, 0.6) is 0 Å². The lowest BCUT2D eigenvalue weighted by atomic mass is 9.90. The third kappa shape index (κ3) is 3.95. The highest BCUT2D eigenvalue weighted by atomic mass is 35.5. The van der Waals surface area contributed by atoms with E-state index in [0.29, 0.717) is 6.54 Å². The van der Waals surface area contributed by atoms with Crippen LogP contribution in [0.4, 0.5) is 5.69 Å². The molecule has 6 nitrogen and oxygen atoms in total. The van der Waals surface area contributed by atoms with Crippen LogP contribution in [0.2, 0.25) is 0 Å². The van der Waals surface area contributed by atoms with Gasteiger partial charge in [0.25, 0.3) is 5.69 Å². The summed E-state index contributed by atoms with van der Waals surface area (Å²) in [6, 6.07) is 10.3. The number of nitro benzene ring substituents is 1. The first kappa shape index (κ1) is 18.4. The highest BCUT2D eigenvalue weighted by molar-refractivity contribution is 5.85. The zero-order valence-corrected chi connectivity index (χ0v) is 14.4. The smallest absolute Gasteiger partial charge is 0.269 e. The van der Waals surface area contributed by atoms with Crippen molar-refractivity contribution in [3.63, 3.8) is 0 Å². The van der Waals surface area contributed by atoms with Gasteiger partial charge in [-0.25, -0.2) is 0 Å². The molecule has 3 rings (SSSR count). The van der Waals surface area contributed by atoms with Crippen LogP contribution in [0.25, 0.3) is 11.3 Å². The lowest BCUT2D eigenvalue weighted by Gasteiger charge is -2.21. The maximum absolute atomic E-state index is 10.7. The van der Waals surface area contributed by atoms with Gasteiger partial charge in [0.15, 0.2) is 0 Å². The summed E-state index contributed by atoms with van der Waals surface area (Å²) in [5.74, 6) is 1.63. The summed E-state index contributed by atoms with van der Waals surface area (Å²) in [7, 11) is 0. The minimum atomic E-state index is -0.404. The molecule has 1 aliphatic heterocycles. The third-order valence-corrected chi connectivity index (χ3v) is 4.53. The minimum absolute atomic E-state index is 0. The summed E-state index contributed by atoms with van der Waals surface area (Å²) in [5.41, 5.74) is 6.97. The number of nitrogens with zero attached hydrogens (tertiary/aromatic N) is 2. The number of likely N-dealkylation sites (tertiary alicyclic amines) is 1. The normalized spacial score (nSPS) is 20.8. The van der Waals surface area contributed by atoms with Crippen LogP contribution >= 0.6 is 12.4 Å². The maximum Gasteiger partial charge on any atom is 0.269 e. The highest BCUT2D eigenvalue weighted by Crippen LogP contribution is 2.31. The third-order valence-electron chi connectivity index (χ3n) is 4.53. The second-order valence-corrected chi connectivity index (χ2v) is 6.55. The summed E-state index contributed by atoms with van der Waals surface area (Å²) < 4.78 is 5.89. The Morgan fingerprint density at radius 2 is 2.00 bits per heavy atom. The van der Waals surface area contributed by atoms with Gasteiger partial charge in [-0.3, -0.25) is 15.0 Å². The Hall–Kier alpha value is -1.89.